The molecule has 1 aliphatic heterocycles. The van der Waals surface area contributed by atoms with Gasteiger partial charge in [-0.15, -0.1) is 11.3 Å². The van der Waals surface area contributed by atoms with E-state index < -0.39 is 0 Å². The van der Waals surface area contributed by atoms with Crippen LogP contribution >= 0.6 is 11.3 Å². The number of hydrogen-bond donors (Lipinski definition) is 1. The van der Waals surface area contributed by atoms with Crippen molar-refractivity contribution in [2.24, 2.45) is 0 Å². The maximum atomic E-state index is 12.6. The van der Waals surface area contributed by atoms with E-state index in [0.29, 0.717) is 5.69 Å². The molecule has 0 radical (unpaired) electrons. The first kappa shape index (κ1) is 12.1. The summed E-state index contributed by atoms with van der Waals surface area (Å²) in [6, 6.07) is 0. The molecular formula is C13H19N3OS. The fourth-order valence-corrected chi connectivity index (χ4v) is 3.80. The van der Waals surface area contributed by atoms with Gasteiger partial charge in [0.15, 0.2) is 0 Å². The van der Waals surface area contributed by atoms with Crippen molar-refractivity contribution < 1.29 is 4.79 Å². The van der Waals surface area contributed by atoms with Crippen molar-refractivity contribution >= 4 is 17.2 Å². The maximum Gasteiger partial charge on any atom is 0.273 e. The van der Waals surface area contributed by atoms with E-state index in [9.17, 15) is 4.79 Å². The summed E-state index contributed by atoms with van der Waals surface area (Å²) >= 11 is 1.49. The molecule has 0 bridgehead atoms. The summed E-state index contributed by atoms with van der Waals surface area (Å²) in [5.74, 6) is 0.125. The summed E-state index contributed by atoms with van der Waals surface area (Å²) in [6.45, 7) is 2.66. The first-order chi connectivity index (χ1) is 8.82. The molecule has 1 aromatic heterocycles. The molecule has 0 unspecified atom stereocenters. The first-order valence-electron chi connectivity index (χ1n) is 6.73. The predicted molar refractivity (Wildman–Crippen MR) is 71.8 cm³/mol. The summed E-state index contributed by atoms with van der Waals surface area (Å²) in [7, 11) is 0. The van der Waals surface area contributed by atoms with Crippen molar-refractivity contribution in [3.05, 3.63) is 16.6 Å². The van der Waals surface area contributed by atoms with Crippen LogP contribution in [0.3, 0.4) is 0 Å². The SMILES string of the molecule is O=C(c1cscn1)N1CCNCC12CCCCC2. The van der Waals surface area contributed by atoms with Gasteiger partial charge in [0.05, 0.1) is 11.0 Å². The highest BCUT2D eigenvalue weighted by molar-refractivity contribution is 7.07. The average Bonchev–Trinajstić information content (AvgIpc) is 2.93. The molecule has 0 aromatic carbocycles. The molecule has 3 rings (SSSR count). The minimum absolute atomic E-state index is 0.0528. The predicted octanol–water partition coefficient (Wildman–Crippen LogP) is 1.89. The molecule has 98 valence electrons. The number of rotatable bonds is 1. The summed E-state index contributed by atoms with van der Waals surface area (Å²) in [4.78, 5) is 18.8. The van der Waals surface area contributed by atoms with Crippen LogP contribution < -0.4 is 5.32 Å². The lowest BCUT2D eigenvalue weighted by atomic mass is 9.79. The van der Waals surface area contributed by atoms with Gasteiger partial charge in [0.25, 0.3) is 5.91 Å². The monoisotopic (exact) mass is 265 g/mol. The van der Waals surface area contributed by atoms with Gasteiger partial charge >= 0.3 is 0 Å². The van der Waals surface area contributed by atoms with E-state index in [1.807, 2.05) is 5.38 Å². The highest BCUT2D eigenvalue weighted by Crippen LogP contribution is 2.35. The summed E-state index contributed by atoms with van der Waals surface area (Å²) in [6.07, 6.45) is 6.05. The number of nitrogens with zero attached hydrogens (tertiary/aromatic N) is 2. The van der Waals surface area contributed by atoms with Gasteiger partial charge in [-0.3, -0.25) is 4.79 Å². The third-order valence-corrected chi connectivity index (χ3v) is 4.81. The number of carbonyl (C=O) groups excluding carboxylic acids is 1. The van der Waals surface area contributed by atoms with E-state index >= 15 is 0 Å². The van der Waals surface area contributed by atoms with Crippen molar-refractivity contribution in [1.29, 1.82) is 0 Å². The first-order valence-corrected chi connectivity index (χ1v) is 7.67. The molecule has 2 aliphatic rings. The van der Waals surface area contributed by atoms with Crippen molar-refractivity contribution in [2.45, 2.75) is 37.6 Å². The number of nitrogens with one attached hydrogen (secondary N) is 1. The zero-order valence-electron chi connectivity index (χ0n) is 10.5. The van der Waals surface area contributed by atoms with Crippen molar-refractivity contribution in [2.75, 3.05) is 19.6 Å². The smallest absolute Gasteiger partial charge is 0.273 e. The molecule has 1 saturated carbocycles. The van der Waals surface area contributed by atoms with E-state index in [0.717, 1.165) is 32.5 Å². The lowest BCUT2D eigenvalue weighted by molar-refractivity contribution is 0.0218. The van der Waals surface area contributed by atoms with E-state index in [1.54, 1.807) is 5.51 Å². The molecule has 18 heavy (non-hydrogen) atoms. The Kier molecular flexibility index (Phi) is 3.35. The maximum absolute atomic E-state index is 12.6. The van der Waals surface area contributed by atoms with Crippen LogP contribution in [-0.2, 0) is 0 Å². The van der Waals surface area contributed by atoms with Gasteiger partial charge in [-0.1, -0.05) is 19.3 Å². The molecule has 2 fully saturated rings. The van der Waals surface area contributed by atoms with Gasteiger partial charge < -0.3 is 10.2 Å². The van der Waals surface area contributed by atoms with Gasteiger partial charge in [0.1, 0.15) is 5.69 Å². The third-order valence-electron chi connectivity index (χ3n) is 4.22. The molecule has 0 atom stereocenters. The standard InChI is InChI=1S/C13H19N3OS/c17-12(11-8-18-10-15-11)16-7-6-14-9-13(16)4-2-1-3-5-13/h8,10,14H,1-7,9H2. The highest BCUT2D eigenvalue weighted by Gasteiger charge is 2.42. The van der Waals surface area contributed by atoms with Crippen LogP contribution in [0, 0.1) is 0 Å². The van der Waals surface area contributed by atoms with Crippen LogP contribution in [0.2, 0.25) is 0 Å². The Morgan fingerprint density at radius 3 is 2.94 bits per heavy atom. The number of thiazole rings is 1. The fourth-order valence-electron chi connectivity index (χ4n) is 3.27. The van der Waals surface area contributed by atoms with Crippen molar-refractivity contribution in [1.82, 2.24) is 15.2 Å². The quantitative estimate of drug-likeness (QED) is 0.843. The summed E-state index contributed by atoms with van der Waals surface area (Å²) in [5, 5.41) is 5.33. The van der Waals surface area contributed by atoms with Gasteiger partial charge in [0.2, 0.25) is 0 Å². The molecule has 2 heterocycles. The molecule has 1 N–H and O–H groups in total. The van der Waals surface area contributed by atoms with Crippen LogP contribution in [0.15, 0.2) is 10.9 Å². The molecule has 1 amide bonds. The molecule has 5 heteroatoms. The number of aromatic nitrogens is 1. The fraction of sp³-hybridized carbons (Fsp3) is 0.692. The second-order valence-electron chi connectivity index (χ2n) is 5.29. The van der Waals surface area contributed by atoms with Gasteiger partial charge in [-0.25, -0.2) is 4.98 Å². The van der Waals surface area contributed by atoms with Gasteiger partial charge in [0, 0.05) is 25.0 Å². The molecule has 1 saturated heterocycles. The van der Waals surface area contributed by atoms with Gasteiger partial charge in [-0.05, 0) is 12.8 Å². The highest BCUT2D eigenvalue weighted by atomic mass is 32.1. The van der Waals surface area contributed by atoms with E-state index in [-0.39, 0.29) is 11.4 Å². The molecule has 1 aliphatic carbocycles. The second-order valence-corrected chi connectivity index (χ2v) is 6.01. The lowest BCUT2D eigenvalue weighted by Crippen LogP contribution is -2.63. The van der Waals surface area contributed by atoms with E-state index in [1.165, 1.54) is 30.6 Å². The summed E-state index contributed by atoms with van der Waals surface area (Å²) in [5.41, 5.74) is 2.41. The topological polar surface area (TPSA) is 45.2 Å². The average molecular weight is 265 g/mol. The Labute approximate surface area is 111 Å². The largest absolute Gasteiger partial charge is 0.329 e. The zero-order valence-corrected chi connectivity index (χ0v) is 11.3. The van der Waals surface area contributed by atoms with Crippen LogP contribution in [0.25, 0.3) is 0 Å². The van der Waals surface area contributed by atoms with Crippen LogP contribution in [0.5, 0.6) is 0 Å². The number of carbonyl (C=O) groups is 1. The normalized spacial score (nSPS) is 23.2. The van der Waals surface area contributed by atoms with Crippen molar-refractivity contribution in [3.63, 3.8) is 0 Å². The number of piperazine rings is 1. The van der Waals surface area contributed by atoms with Gasteiger partial charge in [-0.2, -0.15) is 0 Å². The second kappa shape index (κ2) is 4.97. The van der Waals surface area contributed by atoms with Crippen LogP contribution in [-0.4, -0.2) is 41.0 Å². The molecule has 1 aromatic rings. The lowest BCUT2D eigenvalue weighted by Gasteiger charge is -2.49. The number of hydrogen-bond acceptors (Lipinski definition) is 4. The Hall–Kier alpha value is -0.940. The molecular weight excluding hydrogens is 246 g/mol. The summed E-state index contributed by atoms with van der Waals surface area (Å²) < 4.78 is 0. The third kappa shape index (κ3) is 2.06. The molecule has 4 nitrogen and oxygen atoms in total. The Morgan fingerprint density at radius 1 is 1.39 bits per heavy atom. The van der Waals surface area contributed by atoms with Crippen molar-refractivity contribution in [3.8, 4) is 0 Å². The minimum Gasteiger partial charge on any atom is -0.329 e. The van der Waals surface area contributed by atoms with E-state index in [4.69, 9.17) is 0 Å². The number of amides is 1. The Bertz CT molecular complexity index is 404. The van der Waals surface area contributed by atoms with Crippen LogP contribution in [0.4, 0.5) is 0 Å². The Balaban J connectivity index is 1.85. The van der Waals surface area contributed by atoms with E-state index in [2.05, 4.69) is 15.2 Å². The Morgan fingerprint density at radius 2 is 2.22 bits per heavy atom. The zero-order chi connectivity index (χ0) is 12.4. The molecule has 1 spiro atoms. The minimum atomic E-state index is 0.0528. The van der Waals surface area contributed by atoms with Crippen LogP contribution in [0.1, 0.15) is 42.6 Å².